The van der Waals surface area contributed by atoms with Crippen molar-refractivity contribution in [3.63, 3.8) is 0 Å². The van der Waals surface area contributed by atoms with E-state index >= 15 is 0 Å². The van der Waals surface area contributed by atoms with Gasteiger partial charge in [0.05, 0.1) is 0 Å². The van der Waals surface area contributed by atoms with Crippen LogP contribution in [0.4, 0.5) is 0 Å². The molecule has 1 aliphatic rings. The van der Waals surface area contributed by atoms with Crippen molar-refractivity contribution in [1.29, 1.82) is 0 Å². The van der Waals surface area contributed by atoms with Crippen LogP contribution >= 0.6 is 0 Å². The van der Waals surface area contributed by atoms with Gasteiger partial charge in [0.25, 0.3) is 0 Å². The molecule has 0 amide bonds. The number of hydrogen-bond donors (Lipinski definition) is 0. The molecule has 0 saturated carbocycles. The Bertz CT molecular complexity index is 1680. The number of benzene rings is 4. The minimum absolute atomic E-state index is 0. The monoisotopic (exact) mass is 603 g/mol. The summed E-state index contributed by atoms with van der Waals surface area (Å²) >= 11 is 0. The Morgan fingerprint density at radius 3 is 2.08 bits per heavy atom. The Kier molecular flexibility index (Phi) is 8.43. The van der Waals surface area contributed by atoms with E-state index in [1.165, 1.54) is 65.7 Å². The minimum Gasteiger partial charge on any atom is -0.126 e. The number of hydrogen-bond acceptors (Lipinski definition) is 0. The molecule has 1 aliphatic carbocycles. The molecular weight excluding hydrogens is 564 g/mol. The molecule has 5 aromatic rings. The van der Waals surface area contributed by atoms with Crippen LogP contribution in [0.15, 0.2) is 78.4 Å². The van der Waals surface area contributed by atoms with E-state index < -0.39 is 0 Å². The third-order valence-electron chi connectivity index (χ3n) is 8.03. The largest absolute Gasteiger partial charge is 0.126 e. The molecule has 6 rings (SSSR count). The molecule has 0 aromatic heterocycles. The Balaban J connectivity index is 0.000000845. The van der Waals surface area contributed by atoms with E-state index in [1.54, 1.807) is 0 Å². The summed E-state index contributed by atoms with van der Waals surface area (Å²) in [5, 5.41) is 8.20. The zero-order chi connectivity index (χ0) is 27.4. The van der Waals surface area contributed by atoms with Crippen LogP contribution in [0, 0.1) is 0 Å². The predicted octanol–water partition coefficient (Wildman–Crippen LogP) is 10.8. The summed E-state index contributed by atoms with van der Waals surface area (Å²) in [7, 11) is 1.08. The van der Waals surface area contributed by atoms with Crippen LogP contribution in [0.2, 0.25) is 13.1 Å². The molecule has 1 atom stereocenters. The molecule has 2 radical (unpaired) electrons. The van der Waals surface area contributed by atoms with Crippen molar-refractivity contribution >= 4 is 47.9 Å². The van der Waals surface area contributed by atoms with Gasteiger partial charge in [-0.1, -0.05) is 144 Å². The first-order valence-corrected chi connectivity index (χ1v) is 15.9. The Hall–Kier alpha value is -2.15. The zero-order valence-electron chi connectivity index (χ0n) is 25.1. The zero-order valence-corrected chi connectivity index (χ0v) is 28.5. The fourth-order valence-corrected chi connectivity index (χ4v) is 6.21. The predicted molar refractivity (Wildman–Crippen MR) is 171 cm³/mol. The van der Waals surface area contributed by atoms with Crippen molar-refractivity contribution in [1.82, 2.24) is 0 Å². The molecular formula is C37H41SiZr-. The van der Waals surface area contributed by atoms with Crippen molar-refractivity contribution in [3.05, 3.63) is 106 Å². The Labute approximate surface area is 257 Å². The molecule has 0 heterocycles. The van der Waals surface area contributed by atoms with Gasteiger partial charge in [-0.3, -0.25) is 0 Å². The van der Waals surface area contributed by atoms with Crippen LogP contribution < -0.4 is 0 Å². The topological polar surface area (TPSA) is 0 Å². The third-order valence-corrected chi connectivity index (χ3v) is 8.03. The second-order valence-electron chi connectivity index (χ2n) is 13.0. The molecule has 2 heteroatoms. The average Bonchev–Trinajstić information content (AvgIpc) is 3.39. The maximum atomic E-state index is 2.47. The summed E-state index contributed by atoms with van der Waals surface area (Å²) in [6.07, 6.45) is 2.44. The summed E-state index contributed by atoms with van der Waals surface area (Å²) in [6.45, 7) is 20.6. The SMILES string of the molecule is CC1=Cc2c(ccc3ccccc23)C1c1c(C(C)(C)C)ccc2c1[cH-]c1cc(C(C)(C)C)ccc12.C[Si]C.[Zr]. The van der Waals surface area contributed by atoms with E-state index in [2.05, 4.69) is 140 Å². The molecule has 0 nitrogen and oxygen atoms in total. The first kappa shape index (κ1) is 29.8. The quantitative estimate of drug-likeness (QED) is 0.132. The molecule has 0 aliphatic heterocycles. The van der Waals surface area contributed by atoms with E-state index in [4.69, 9.17) is 0 Å². The van der Waals surface area contributed by atoms with E-state index in [0.29, 0.717) is 0 Å². The molecule has 39 heavy (non-hydrogen) atoms. The summed E-state index contributed by atoms with van der Waals surface area (Å²) in [6, 6.07) is 27.8. The molecule has 0 fully saturated rings. The molecule has 0 spiro atoms. The average molecular weight is 605 g/mol. The van der Waals surface area contributed by atoms with Crippen LogP contribution in [0.5, 0.6) is 0 Å². The van der Waals surface area contributed by atoms with E-state index in [1.807, 2.05) is 0 Å². The summed E-state index contributed by atoms with van der Waals surface area (Å²) in [5.41, 5.74) is 8.82. The van der Waals surface area contributed by atoms with Gasteiger partial charge in [0.2, 0.25) is 0 Å². The Morgan fingerprint density at radius 2 is 1.41 bits per heavy atom. The van der Waals surface area contributed by atoms with Gasteiger partial charge in [0, 0.05) is 41.6 Å². The maximum Gasteiger partial charge on any atom is 0.0307 e. The normalized spacial score (nSPS) is 15.1. The van der Waals surface area contributed by atoms with Crippen molar-refractivity contribution in [2.45, 2.75) is 78.3 Å². The molecule has 1 unspecified atom stereocenters. The van der Waals surface area contributed by atoms with Gasteiger partial charge in [-0.2, -0.15) is 0 Å². The van der Waals surface area contributed by atoms with Crippen LogP contribution in [0.3, 0.4) is 0 Å². The van der Waals surface area contributed by atoms with Crippen LogP contribution in [0.1, 0.15) is 82.2 Å². The van der Waals surface area contributed by atoms with Crippen molar-refractivity contribution in [2.75, 3.05) is 0 Å². The van der Waals surface area contributed by atoms with Gasteiger partial charge >= 0.3 is 0 Å². The fourth-order valence-electron chi connectivity index (χ4n) is 6.21. The number of allylic oxidation sites excluding steroid dienone is 1. The number of fused-ring (bicyclic) bond motifs is 6. The van der Waals surface area contributed by atoms with Gasteiger partial charge in [-0.15, -0.1) is 33.7 Å². The van der Waals surface area contributed by atoms with Gasteiger partial charge < -0.3 is 0 Å². The van der Waals surface area contributed by atoms with Gasteiger partial charge in [-0.05, 0) is 39.7 Å². The second kappa shape index (κ2) is 11.0. The van der Waals surface area contributed by atoms with Crippen molar-refractivity contribution < 1.29 is 26.2 Å². The molecule has 5 aromatic carbocycles. The van der Waals surface area contributed by atoms with Crippen molar-refractivity contribution in [3.8, 4) is 0 Å². The van der Waals surface area contributed by atoms with E-state index in [-0.39, 0.29) is 43.0 Å². The minimum atomic E-state index is 0. The fraction of sp³-hybridized carbons (Fsp3) is 0.324. The third kappa shape index (κ3) is 5.32. The van der Waals surface area contributed by atoms with Gasteiger partial charge in [0.15, 0.2) is 0 Å². The van der Waals surface area contributed by atoms with Crippen LogP contribution in [-0.2, 0) is 37.0 Å². The van der Waals surface area contributed by atoms with E-state index in [0.717, 1.165) is 9.52 Å². The summed E-state index contributed by atoms with van der Waals surface area (Å²) < 4.78 is 0. The molecule has 0 bridgehead atoms. The smallest absolute Gasteiger partial charge is 0.0307 e. The first-order chi connectivity index (χ1) is 18.0. The van der Waals surface area contributed by atoms with E-state index in [9.17, 15) is 0 Å². The first-order valence-electron chi connectivity index (χ1n) is 13.9. The number of rotatable bonds is 1. The van der Waals surface area contributed by atoms with Gasteiger partial charge in [0.1, 0.15) is 0 Å². The maximum absolute atomic E-state index is 2.47. The standard InChI is InChI=1S/C35H35.C2H6Si.Zr/c1-21-18-29-25-11-9-8-10-22(25)12-14-28(29)32(21)33-30-20-23-19-24(34(2,3)4)13-15-26(23)27(30)16-17-31(33)35(5,6)7;1-3-2;/h8-20,32H,1-7H3;1-2H3;/q-1;;. The Morgan fingerprint density at radius 1 is 0.744 bits per heavy atom. The van der Waals surface area contributed by atoms with Crippen LogP contribution in [-0.4, -0.2) is 9.52 Å². The summed E-state index contributed by atoms with van der Waals surface area (Å²) in [4.78, 5) is 0. The van der Waals surface area contributed by atoms with Crippen LogP contribution in [0.25, 0.3) is 38.4 Å². The molecule has 0 N–H and O–H groups in total. The molecule has 198 valence electrons. The van der Waals surface area contributed by atoms with Crippen molar-refractivity contribution in [2.24, 2.45) is 0 Å². The second-order valence-corrected chi connectivity index (χ2v) is 14.0. The van der Waals surface area contributed by atoms with Gasteiger partial charge in [-0.25, -0.2) is 0 Å². The molecule has 0 saturated heterocycles. The summed E-state index contributed by atoms with van der Waals surface area (Å²) in [5.74, 6) is 0.284.